The van der Waals surface area contributed by atoms with Gasteiger partial charge in [0, 0.05) is 12.3 Å². The molecule has 0 saturated heterocycles. The van der Waals surface area contributed by atoms with Crippen LogP contribution in [-0.4, -0.2) is 31.1 Å². The molecule has 96 valence electrons. The summed E-state index contributed by atoms with van der Waals surface area (Å²) in [6.45, 7) is 1.36. The summed E-state index contributed by atoms with van der Waals surface area (Å²) in [5, 5.41) is 8.69. The van der Waals surface area contributed by atoms with Crippen LogP contribution in [-0.2, 0) is 16.3 Å². The van der Waals surface area contributed by atoms with Crippen molar-refractivity contribution in [3.63, 3.8) is 0 Å². The normalized spacial score (nSPS) is 15.6. The van der Waals surface area contributed by atoms with Crippen molar-refractivity contribution in [2.75, 3.05) is 6.26 Å². The first-order valence-electron chi connectivity index (χ1n) is 5.02. The monoisotopic (exact) mass is 264 g/mol. The Labute approximate surface area is 99.0 Å². The molecule has 0 spiro atoms. The van der Waals surface area contributed by atoms with E-state index in [0.717, 1.165) is 24.5 Å². The van der Waals surface area contributed by atoms with Gasteiger partial charge in [0.25, 0.3) is 0 Å². The van der Waals surface area contributed by atoms with E-state index in [1.807, 2.05) is 0 Å². The number of hydrogen-bond acceptors (Lipinski definition) is 3. The van der Waals surface area contributed by atoms with Crippen LogP contribution in [0.25, 0.3) is 0 Å². The Morgan fingerprint density at radius 2 is 1.71 bits per heavy atom. The molecule has 0 saturated carbocycles. The van der Waals surface area contributed by atoms with Gasteiger partial charge in [-0.05, 0) is 31.0 Å². The zero-order valence-electron chi connectivity index (χ0n) is 9.52. The molecule has 3 nitrogen and oxygen atoms in total. The Hall–Kier alpha value is -1.01. The molecule has 6 heteroatoms. The topological polar surface area (TPSA) is 54.4 Å². The smallest absolute Gasteiger partial charge is 0.152 e. The second-order valence-electron chi connectivity index (χ2n) is 4.08. The molecule has 0 aliphatic rings. The highest BCUT2D eigenvalue weighted by Crippen LogP contribution is 2.14. The van der Waals surface area contributed by atoms with Crippen LogP contribution in [0.15, 0.2) is 18.2 Å². The van der Waals surface area contributed by atoms with Crippen LogP contribution in [0.2, 0.25) is 0 Å². The predicted octanol–water partition coefficient (Wildman–Crippen LogP) is 1.30. The Bertz CT molecular complexity index is 479. The van der Waals surface area contributed by atoms with E-state index in [2.05, 4.69) is 0 Å². The van der Waals surface area contributed by atoms with E-state index in [9.17, 15) is 22.3 Å². The largest absolute Gasteiger partial charge is 0.391 e. The number of rotatable bonds is 4. The van der Waals surface area contributed by atoms with Gasteiger partial charge in [-0.2, -0.15) is 0 Å². The van der Waals surface area contributed by atoms with Gasteiger partial charge in [0.1, 0.15) is 11.6 Å². The Balaban J connectivity index is 2.84. The number of aliphatic hydroxyl groups excluding tert-OH is 1. The highest BCUT2D eigenvalue weighted by Gasteiger charge is 2.24. The van der Waals surface area contributed by atoms with Gasteiger partial charge in [-0.3, -0.25) is 0 Å². The van der Waals surface area contributed by atoms with Crippen LogP contribution < -0.4 is 0 Å². The minimum Gasteiger partial charge on any atom is -0.391 e. The lowest BCUT2D eigenvalue weighted by atomic mass is 10.1. The lowest BCUT2D eigenvalue weighted by Gasteiger charge is -2.17. The van der Waals surface area contributed by atoms with E-state index in [-0.39, 0.29) is 12.0 Å². The molecule has 1 N–H and O–H groups in total. The van der Waals surface area contributed by atoms with E-state index in [4.69, 9.17) is 0 Å². The lowest BCUT2D eigenvalue weighted by Crippen LogP contribution is -2.32. The van der Waals surface area contributed by atoms with Crippen LogP contribution in [0.4, 0.5) is 8.78 Å². The molecular formula is C11H14F2O3S. The van der Waals surface area contributed by atoms with Gasteiger partial charge in [-0.25, -0.2) is 17.2 Å². The van der Waals surface area contributed by atoms with Gasteiger partial charge in [-0.1, -0.05) is 0 Å². The molecule has 1 aromatic carbocycles. The quantitative estimate of drug-likeness (QED) is 0.892. The number of benzene rings is 1. The molecule has 2 unspecified atom stereocenters. The summed E-state index contributed by atoms with van der Waals surface area (Å²) in [6.07, 6.45) is -0.290. The molecule has 17 heavy (non-hydrogen) atoms. The van der Waals surface area contributed by atoms with Crippen molar-refractivity contribution >= 4 is 9.84 Å². The second-order valence-corrected chi connectivity index (χ2v) is 6.49. The minimum absolute atomic E-state index is 0.108. The molecule has 0 aromatic heterocycles. The average molecular weight is 264 g/mol. The van der Waals surface area contributed by atoms with Gasteiger partial charge in [0.2, 0.25) is 0 Å². The van der Waals surface area contributed by atoms with Crippen LogP contribution in [0.5, 0.6) is 0 Å². The molecule has 0 radical (unpaired) electrons. The molecule has 2 atom stereocenters. The summed E-state index contributed by atoms with van der Waals surface area (Å²) >= 11 is 0. The van der Waals surface area contributed by atoms with Gasteiger partial charge in [0.05, 0.1) is 11.4 Å². The van der Waals surface area contributed by atoms with Crippen molar-refractivity contribution in [3.05, 3.63) is 35.4 Å². The highest BCUT2D eigenvalue weighted by atomic mass is 32.2. The lowest BCUT2D eigenvalue weighted by molar-refractivity contribution is 0.173. The van der Waals surface area contributed by atoms with Gasteiger partial charge < -0.3 is 5.11 Å². The van der Waals surface area contributed by atoms with Gasteiger partial charge in [0.15, 0.2) is 9.84 Å². The predicted molar refractivity (Wildman–Crippen MR) is 60.4 cm³/mol. The first-order chi connectivity index (χ1) is 7.70. The molecular weight excluding hydrogens is 250 g/mol. The summed E-state index contributed by atoms with van der Waals surface area (Å²) in [4.78, 5) is 0. The third-order valence-corrected chi connectivity index (χ3v) is 4.25. The zero-order chi connectivity index (χ0) is 13.2. The SMILES string of the molecule is CC(C(O)Cc1cc(F)cc(F)c1)S(C)(=O)=O. The standard InChI is InChI=1S/C11H14F2O3S/c1-7(17(2,15)16)11(14)5-8-3-9(12)6-10(13)4-8/h3-4,6-7,11,14H,5H2,1-2H3. The maximum absolute atomic E-state index is 12.9. The Morgan fingerprint density at radius 3 is 2.12 bits per heavy atom. The first kappa shape index (κ1) is 14.1. The summed E-state index contributed by atoms with van der Waals surface area (Å²) in [7, 11) is -3.38. The highest BCUT2D eigenvalue weighted by molar-refractivity contribution is 7.91. The molecule has 0 bridgehead atoms. The molecule has 1 rings (SSSR count). The molecule has 0 aliphatic heterocycles. The summed E-state index contributed by atoms with van der Waals surface area (Å²) in [5.41, 5.74) is 0.227. The maximum Gasteiger partial charge on any atom is 0.152 e. The summed E-state index contributed by atoms with van der Waals surface area (Å²) in [6, 6.07) is 2.86. The molecule has 0 amide bonds. The Kier molecular flexibility index (Phi) is 4.21. The first-order valence-corrected chi connectivity index (χ1v) is 6.97. The number of halogens is 2. The van der Waals surface area contributed by atoms with Crippen LogP contribution >= 0.6 is 0 Å². The molecule has 1 aromatic rings. The average Bonchev–Trinajstić information content (AvgIpc) is 2.13. The van der Waals surface area contributed by atoms with Gasteiger partial charge >= 0.3 is 0 Å². The van der Waals surface area contributed by atoms with Crippen molar-refractivity contribution in [3.8, 4) is 0 Å². The third kappa shape index (κ3) is 4.05. The van der Waals surface area contributed by atoms with Crippen molar-refractivity contribution in [2.45, 2.75) is 24.7 Å². The molecule has 0 aliphatic carbocycles. The maximum atomic E-state index is 12.9. The fraction of sp³-hybridized carbons (Fsp3) is 0.455. The van der Waals surface area contributed by atoms with Gasteiger partial charge in [-0.15, -0.1) is 0 Å². The molecule has 0 fully saturated rings. The summed E-state index contributed by atoms with van der Waals surface area (Å²) in [5.74, 6) is -1.50. The van der Waals surface area contributed by atoms with Crippen molar-refractivity contribution < 1.29 is 22.3 Å². The summed E-state index contributed by atoms with van der Waals surface area (Å²) < 4.78 is 48.1. The second kappa shape index (κ2) is 5.10. The number of aliphatic hydroxyl groups is 1. The van der Waals surface area contributed by atoms with Crippen LogP contribution in [0.3, 0.4) is 0 Å². The van der Waals surface area contributed by atoms with Crippen LogP contribution in [0.1, 0.15) is 12.5 Å². The fourth-order valence-electron chi connectivity index (χ4n) is 1.42. The third-order valence-electron chi connectivity index (χ3n) is 2.58. The van der Waals surface area contributed by atoms with E-state index in [0.29, 0.717) is 0 Å². The number of sulfone groups is 1. The van der Waals surface area contributed by atoms with Crippen molar-refractivity contribution in [1.82, 2.24) is 0 Å². The minimum atomic E-state index is -3.38. The van der Waals surface area contributed by atoms with Crippen molar-refractivity contribution in [2.24, 2.45) is 0 Å². The zero-order valence-corrected chi connectivity index (χ0v) is 10.3. The molecule has 0 heterocycles. The van der Waals surface area contributed by atoms with E-state index >= 15 is 0 Å². The van der Waals surface area contributed by atoms with E-state index < -0.39 is 32.8 Å². The van der Waals surface area contributed by atoms with Crippen LogP contribution in [0, 0.1) is 11.6 Å². The number of hydrogen-bond donors (Lipinski definition) is 1. The Morgan fingerprint density at radius 1 is 1.24 bits per heavy atom. The fourth-order valence-corrected chi connectivity index (χ4v) is 2.09. The van der Waals surface area contributed by atoms with Crippen molar-refractivity contribution in [1.29, 1.82) is 0 Å². The van der Waals surface area contributed by atoms with E-state index in [1.165, 1.54) is 6.92 Å². The van der Waals surface area contributed by atoms with E-state index in [1.54, 1.807) is 0 Å².